The molecule has 0 aromatic heterocycles. The number of piperidine rings is 1. The summed E-state index contributed by atoms with van der Waals surface area (Å²) in [6.07, 6.45) is 10.2. The molecule has 1 N–H and O–H groups in total. The van der Waals surface area contributed by atoms with Crippen LogP contribution in [-0.4, -0.2) is 29.3 Å². The molecule has 1 aliphatic heterocycles. The minimum atomic E-state index is -0.515. The van der Waals surface area contributed by atoms with Crippen molar-refractivity contribution >= 4 is 17.5 Å². The van der Waals surface area contributed by atoms with Gasteiger partial charge in [0.1, 0.15) is 5.82 Å². The van der Waals surface area contributed by atoms with E-state index < -0.39 is 5.82 Å². The molecular formula is C30H35FN2O2. The SMILES string of the molecule is Cc1cccc(F)c1C(=O)N1CCCC(C(=O)Nc2cccc(C(C)(C)C)c2)C1[C@@H]1C=CC=CC1. The van der Waals surface area contributed by atoms with Crippen molar-refractivity contribution in [1.82, 2.24) is 4.90 Å². The fourth-order valence-electron chi connectivity index (χ4n) is 5.27. The monoisotopic (exact) mass is 474 g/mol. The van der Waals surface area contributed by atoms with Crippen LogP contribution in [0.1, 0.15) is 61.5 Å². The molecule has 4 nitrogen and oxygen atoms in total. The van der Waals surface area contributed by atoms with E-state index in [1.54, 1.807) is 24.0 Å². The highest BCUT2D eigenvalue weighted by molar-refractivity contribution is 5.98. The third-order valence-corrected chi connectivity index (χ3v) is 7.17. The Balaban J connectivity index is 1.65. The summed E-state index contributed by atoms with van der Waals surface area (Å²) in [4.78, 5) is 29.1. The maximum atomic E-state index is 14.8. The highest BCUT2D eigenvalue weighted by Crippen LogP contribution is 2.35. The van der Waals surface area contributed by atoms with E-state index in [0.29, 0.717) is 24.9 Å². The zero-order valence-corrected chi connectivity index (χ0v) is 21.1. The smallest absolute Gasteiger partial charge is 0.257 e. The Labute approximate surface area is 207 Å². The number of hydrogen-bond donors (Lipinski definition) is 1. The largest absolute Gasteiger partial charge is 0.334 e. The summed E-state index contributed by atoms with van der Waals surface area (Å²) in [6, 6.07) is 12.3. The summed E-state index contributed by atoms with van der Waals surface area (Å²) in [7, 11) is 0. The number of nitrogens with zero attached hydrogens (tertiary/aromatic N) is 1. The molecule has 0 radical (unpaired) electrons. The van der Waals surface area contributed by atoms with Gasteiger partial charge in [-0.3, -0.25) is 9.59 Å². The molecule has 2 unspecified atom stereocenters. The number of hydrogen-bond acceptors (Lipinski definition) is 2. The van der Waals surface area contributed by atoms with Crippen LogP contribution in [0.25, 0.3) is 0 Å². The Morgan fingerprint density at radius 2 is 1.86 bits per heavy atom. The number of carbonyl (C=O) groups excluding carboxylic acids is 2. The molecule has 35 heavy (non-hydrogen) atoms. The van der Waals surface area contributed by atoms with E-state index in [1.807, 2.05) is 30.4 Å². The lowest BCUT2D eigenvalue weighted by molar-refractivity contribution is -0.123. The number of allylic oxidation sites excluding steroid dienone is 3. The second-order valence-corrected chi connectivity index (χ2v) is 10.7. The second kappa shape index (κ2) is 10.2. The summed E-state index contributed by atoms with van der Waals surface area (Å²) < 4.78 is 14.8. The molecule has 2 aromatic rings. The third kappa shape index (κ3) is 5.39. The van der Waals surface area contributed by atoms with E-state index in [0.717, 1.165) is 17.7 Å². The molecule has 0 spiro atoms. The predicted octanol–water partition coefficient (Wildman–Crippen LogP) is 6.42. The van der Waals surface area contributed by atoms with Crippen molar-refractivity contribution in [1.29, 1.82) is 0 Å². The van der Waals surface area contributed by atoms with Crippen LogP contribution in [-0.2, 0) is 10.2 Å². The molecule has 2 amide bonds. The molecule has 5 heteroatoms. The Morgan fingerprint density at radius 1 is 1.09 bits per heavy atom. The number of halogens is 1. The molecule has 1 fully saturated rings. The van der Waals surface area contributed by atoms with Gasteiger partial charge in [-0.15, -0.1) is 0 Å². The van der Waals surface area contributed by atoms with E-state index in [1.165, 1.54) is 6.07 Å². The average Bonchev–Trinajstić information content (AvgIpc) is 2.83. The third-order valence-electron chi connectivity index (χ3n) is 7.17. The first-order valence-corrected chi connectivity index (χ1v) is 12.5. The van der Waals surface area contributed by atoms with Crippen LogP contribution >= 0.6 is 0 Å². The molecule has 3 atom stereocenters. The first-order chi connectivity index (χ1) is 16.7. The number of anilines is 1. The number of nitrogens with one attached hydrogen (secondary N) is 1. The van der Waals surface area contributed by atoms with Gasteiger partial charge in [-0.25, -0.2) is 4.39 Å². The highest BCUT2D eigenvalue weighted by Gasteiger charge is 2.42. The highest BCUT2D eigenvalue weighted by atomic mass is 19.1. The Kier molecular flexibility index (Phi) is 7.25. The number of aryl methyl sites for hydroxylation is 1. The fourth-order valence-corrected chi connectivity index (χ4v) is 5.27. The van der Waals surface area contributed by atoms with E-state index >= 15 is 0 Å². The molecule has 1 heterocycles. The Hall–Kier alpha value is -3.21. The Morgan fingerprint density at radius 3 is 2.54 bits per heavy atom. The summed E-state index contributed by atoms with van der Waals surface area (Å²) in [5, 5.41) is 3.12. The normalized spacial score (nSPS) is 22.2. The molecule has 4 rings (SSSR count). The van der Waals surface area contributed by atoms with Crippen LogP contribution in [0.15, 0.2) is 66.8 Å². The van der Waals surface area contributed by atoms with Crippen molar-refractivity contribution in [3.05, 3.63) is 89.3 Å². The van der Waals surface area contributed by atoms with Crippen LogP contribution < -0.4 is 5.32 Å². The van der Waals surface area contributed by atoms with Gasteiger partial charge in [0.25, 0.3) is 5.91 Å². The van der Waals surface area contributed by atoms with Crippen LogP contribution in [0, 0.1) is 24.6 Å². The number of benzene rings is 2. The van der Waals surface area contributed by atoms with Gasteiger partial charge in [0.2, 0.25) is 5.91 Å². The van der Waals surface area contributed by atoms with Crippen LogP contribution in [0.4, 0.5) is 10.1 Å². The number of carbonyl (C=O) groups is 2. The van der Waals surface area contributed by atoms with Crippen molar-refractivity contribution < 1.29 is 14.0 Å². The molecular weight excluding hydrogens is 439 g/mol. The van der Waals surface area contributed by atoms with Crippen LogP contribution in [0.2, 0.25) is 0 Å². The van der Waals surface area contributed by atoms with E-state index in [-0.39, 0.29) is 40.7 Å². The number of likely N-dealkylation sites (tertiary alicyclic amines) is 1. The molecule has 1 aliphatic carbocycles. The maximum absolute atomic E-state index is 14.8. The fraction of sp³-hybridized carbons (Fsp3) is 0.400. The summed E-state index contributed by atoms with van der Waals surface area (Å²) in [6.45, 7) is 8.69. The van der Waals surface area contributed by atoms with Gasteiger partial charge in [0.05, 0.1) is 17.5 Å². The quantitative estimate of drug-likeness (QED) is 0.556. The van der Waals surface area contributed by atoms with Gasteiger partial charge in [-0.2, -0.15) is 0 Å². The number of rotatable bonds is 4. The summed E-state index contributed by atoms with van der Waals surface area (Å²) in [5.74, 6) is -1.34. The molecule has 184 valence electrons. The number of amides is 2. The summed E-state index contributed by atoms with van der Waals surface area (Å²) in [5.41, 5.74) is 2.58. The maximum Gasteiger partial charge on any atom is 0.257 e. The predicted molar refractivity (Wildman–Crippen MR) is 139 cm³/mol. The van der Waals surface area contributed by atoms with Gasteiger partial charge < -0.3 is 10.2 Å². The zero-order valence-electron chi connectivity index (χ0n) is 21.1. The van der Waals surface area contributed by atoms with E-state index in [2.05, 4.69) is 44.3 Å². The topological polar surface area (TPSA) is 49.4 Å². The van der Waals surface area contributed by atoms with Crippen molar-refractivity contribution in [2.24, 2.45) is 11.8 Å². The van der Waals surface area contributed by atoms with Gasteiger partial charge in [-0.1, -0.05) is 69.3 Å². The lowest BCUT2D eigenvalue weighted by atomic mass is 9.77. The van der Waals surface area contributed by atoms with Gasteiger partial charge >= 0.3 is 0 Å². The van der Waals surface area contributed by atoms with Crippen molar-refractivity contribution in [3.8, 4) is 0 Å². The molecule has 2 aliphatic rings. The summed E-state index contributed by atoms with van der Waals surface area (Å²) >= 11 is 0. The van der Waals surface area contributed by atoms with Gasteiger partial charge in [0.15, 0.2) is 0 Å². The van der Waals surface area contributed by atoms with Crippen molar-refractivity contribution in [2.45, 2.75) is 58.4 Å². The van der Waals surface area contributed by atoms with E-state index in [4.69, 9.17) is 0 Å². The van der Waals surface area contributed by atoms with E-state index in [9.17, 15) is 14.0 Å². The lowest BCUT2D eigenvalue weighted by Gasteiger charge is -2.44. The minimum Gasteiger partial charge on any atom is -0.334 e. The second-order valence-electron chi connectivity index (χ2n) is 10.7. The van der Waals surface area contributed by atoms with Crippen molar-refractivity contribution in [3.63, 3.8) is 0 Å². The standard InChI is InChI=1S/C30H35FN2O2/c1-20-11-8-17-25(31)26(20)29(35)33-18-10-16-24(27(33)21-12-6-5-7-13-21)28(34)32-23-15-9-14-22(19-23)30(2,3)4/h5-9,11-12,14-15,17,19,21,24,27H,10,13,16,18H2,1-4H3,(H,32,34)/t21-,24?,27?/m1/s1. The molecule has 2 aromatic carbocycles. The van der Waals surface area contributed by atoms with Crippen molar-refractivity contribution in [2.75, 3.05) is 11.9 Å². The van der Waals surface area contributed by atoms with Gasteiger partial charge in [-0.05, 0) is 60.9 Å². The zero-order chi connectivity index (χ0) is 25.2. The van der Waals surface area contributed by atoms with Crippen LogP contribution in [0.3, 0.4) is 0 Å². The first-order valence-electron chi connectivity index (χ1n) is 12.5. The first kappa shape index (κ1) is 24.9. The molecule has 0 bridgehead atoms. The molecule has 0 saturated carbocycles. The Bertz CT molecular complexity index is 1140. The average molecular weight is 475 g/mol. The van der Waals surface area contributed by atoms with Gasteiger partial charge in [0, 0.05) is 18.2 Å². The molecule has 1 saturated heterocycles. The van der Waals surface area contributed by atoms with Crippen LogP contribution in [0.5, 0.6) is 0 Å². The lowest BCUT2D eigenvalue weighted by Crippen LogP contribution is -2.55. The minimum absolute atomic E-state index is 0.00649.